The van der Waals surface area contributed by atoms with Crippen LogP contribution in [0.4, 0.5) is 0 Å². The normalized spacial score (nSPS) is 22.4. The first kappa shape index (κ1) is 21.1. The third-order valence-corrected chi connectivity index (χ3v) is 6.32. The lowest BCUT2D eigenvalue weighted by Gasteiger charge is -2.33. The number of hydrogen-bond donors (Lipinski definition) is 1. The Bertz CT molecular complexity index is 538. The molecule has 3 aliphatic heterocycles. The molecular formula is C21H36N4O3. The monoisotopic (exact) mass is 392 g/mol. The summed E-state index contributed by atoms with van der Waals surface area (Å²) in [7, 11) is 0. The van der Waals surface area contributed by atoms with Gasteiger partial charge in [0.2, 0.25) is 17.7 Å². The van der Waals surface area contributed by atoms with Crippen molar-refractivity contribution in [3.8, 4) is 0 Å². The molecule has 0 saturated carbocycles. The zero-order valence-corrected chi connectivity index (χ0v) is 17.2. The topological polar surface area (TPSA) is 73.0 Å². The van der Waals surface area contributed by atoms with Gasteiger partial charge in [0.25, 0.3) is 0 Å². The number of carbonyl (C=O) groups is 3. The van der Waals surface area contributed by atoms with E-state index in [0.717, 1.165) is 77.8 Å². The fourth-order valence-electron chi connectivity index (χ4n) is 4.58. The van der Waals surface area contributed by atoms with Crippen LogP contribution < -0.4 is 5.32 Å². The third kappa shape index (κ3) is 6.19. The van der Waals surface area contributed by atoms with Gasteiger partial charge in [-0.3, -0.25) is 19.3 Å². The van der Waals surface area contributed by atoms with Crippen LogP contribution in [0.25, 0.3) is 0 Å². The van der Waals surface area contributed by atoms with Gasteiger partial charge in [-0.2, -0.15) is 0 Å². The van der Waals surface area contributed by atoms with Crippen molar-refractivity contribution in [1.29, 1.82) is 0 Å². The summed E-state index contributed by atoms with van der Waals surface area (Å²) in [6.07, 6.45) is 8.91. The van der Waals surface area contributed by atoms with Crippen molar-refractivity contribution < 1.29 is 14.4 Å². The number of piperidine rings is 1. The number of nitrogens with zero attached hydrogens (tertiary/aromatic N) is 3. The smallest absolute Gasteiger partial charge is 0.234 e. The van der Waals surface area contributed by atoms with Gasteiger partial charge in [0.05, 0.1) is 6.54 Å². The zero-order chi connectivity index (χ0) is 19.8. The van der Waals surface area contributed by atoms with E-state index in [1.807, 2.05) is 4.90 Å². The lowest BCUT2D eigenvalue weighted by atomic mass is 9.95. The second kappa shape index (κ2) is 10.8. The third-order valence-electron chi connectivity index (χ3n) is 6.32. The Balaban J connectivity index is 1.28. The predicted octanol–water partition coefficient (Wildman–Crippen LogP) is 1.23. The minimum Gasteiger partial charge on any atom is -0.355 e. The summed E-state index contributed by atoms with van der Waals surface area (Å²) in [6, 6.07) is 0. The van der Waals surface area contributed by atoms with Gasteiger partial charge in [0.1, 0.15) is 0 Å². The van der Waals surface area contributed by atoms with E-state index in [0.29, 0.717) is 25.4 Å². The van der Waals surface area contributed by atoms with Gasteiger partial charge < -0.3 is 15.1 Å². The van der Waals surface area contributed by atoms with Gasteiger partial charge in [-0.25, -0.2) is 0 Å². The largest absolute Gasteiger partial charge is 0.355 e. The molecule has 28 heavy (non-hydrogen) atoms. The molecule has 0 radical (unpaired) electrons. The molecule has 0 spiro atoms. The van der Waals surface area contributed by atoms with Crippen LogP contribution in [0.5, 0.6) is 0 Å². The second-order valence-electron chi connectivity index (χ2n) is 8.48. The highest BCUT2D eigenvalue weighted by molar-refractivity contribution is 5.80. The Kier molecular flexibility index (Phi) is 8.13. The van der Waals surface area contributed by atoms with E-state index in [-0.39, 0.29) is 17.7 Å². The SMILES string of the molecule is O=C(CN1CCC(C(=O)N2CCCCCC2)CC1)NCCCN1CCCC1=O. The quantitative estimate of drug-likeness (QED) is 0.662. The van der Waals surface area contributed by atoms with Crippen LogP contribution in [0, 0.1) is 5.92 Å². The molecule has 0 aromatic carbocycles. The molecule has 3 amide bonds. The molecule has 3 rings (SSSR count). The van der Waals surface area contributed by atoms with E-state index >= 15 is 0 Å². The highest BCUT2D eigenvalue weighted by atomic mass is 16.2. The molecule has 0 aliphatic carbocycles. The summed E-state index contributed by atoms with van der Waals surface area (Å²) >= 11 is 0. The van der Waals surface area contributed by atoms with Crippen LogP contribution in [0.1, 0.15) is 57.8 Å². The van der Waals surface area contributed by atoms with Crippen molar-refractivity contribution in [2.45, 2.75) is 57.8 Å². The average molecular weight is 393 g/mol. The molecule has 158 valence electrons. The summed E-state index contributed by atoms with van der Waals surface area (Å²) in [5, 5.41) is 2.97. The molecule has 1 N–H and O–H groups in total. The molecule has 0 aromatic rings. The number of rotatable bonds is 7. The summed E-state index contributed by atoms with van der Waals surface area (Å²) in [4.78, 5) is 42.6. The highest BCUT2D eigenvalue weighted by Gasteiger charge is 2.29. The van der Waals surface area contributed by atoms with Gasteiger partial charge in [-0.1, -0.05) is 12.8 Å². The van der Waals surface area contributed by atoms with E-state index in [9.17, 15) is 14.4 Å². The molecule has 0 unspecified atom stereocenters. The molecule has 3 aliphatic rings. The summed E-state index contributed by atoms with van der Waals surface area (Å²) in [5.74, 6) is 0.756. The first-order valence-electron chi connectivity index (χ1n) is 11.2. The Morgan fingerprint density at radius 2 is 1.64 bits per heavy atom. The number of nitrogens with one attached hydrogen (secondary N) is 1. The molecule has 7 heteroatoms. The molecular weight excluding hydrogens is 356 g/mol. The van der Waals surface area contributed by atoms with Gasteiger partial charge in [-0.05, 0) is 51.6 Å². The maximum Gasteiger partial charge on any atom is 0.234 e. The van der Waals surface area contributed by atoms with Crippen molar-refractivity contribution in [1.82, 2.24) is 20.0 Å². The molecule has 7 nitrogen and oxygen atoms in total. The molecule has 3 saturated heterocycles. The van der Waals surface area contributed by atoms with Crippen LogP contribution in [-0.4, -0.2) is 84.8 Å². The lowest BCUT2D eigenvalue weighted by Crippen LogP contribution is -2.45. The Morgan fingerprint density at radius 1 is 0.929 bits per heavy atom. The summed E-state index contributed by atoms with van der Waals surface area (Å²) in [5.41, 5.74) is 0. The fourth-order valence-corrected chi connectivity index (χ4v) is 4.58. The van der Waals surface area contributed by atoms with E-state index in [2.05, 4.69) is 15.1 Å². The Hall–Kier alpha value is -1.63. The van der Waals surface area contributed by atoms with E-state index in [1.54, 1.807) is 0 Å². The minimum atomic E-state index is 0.0463. The minimum absolute atomic E-state index is 0.0463. The van der Waals surface area contributed by atoms with Crippen molar-refractivity contribution >= 4 is 17.7 Å². The average Bonchev–Trinajstić information content (AvgIpc) is 2.94. The van der Waals surface area contributed by atoms with Crippen LogP contribution in [0.2, 0.25) is 0 Å². The summed E-state index contributed by atoms with van der Waals surface area (Å²) < 4.78 is 0. The second-order valence-corrected chi connectivity index (χ2v) is 8.48. The Labute approximate surface area is 168 Å². The van der Waals surface area contributed by atoms with Gasteiger partial charge >= 0.3 is 0 Å². The zero-order valence-electron chi connectivity index (χ0n) is 17.2. The highest BCUT2D eigenvalue weighted by Crippen LogP contribution is 2.21. The molecule has 3 fully saturated rings. The van der Waals surface area contributed by atoms with Crippen molar-refractivity contribution in [3.63, 3.8) is 0 Å². The molecule has 0 atom stereocenters. The number of hydrogen-bond acceptors (Lipinski definition) is 4. The van der Waals surface area contributed by atoms with Gasteiger partial charge in [0, 0.05) is 45.1 Å². The van der Waals surface area contributed by atoms with E-state index in [1.165, 1.54) is 12.8 Å². The molecule has 0 bridgehead atoms. The van der Waals surface area contributed by atoms with Crippen molar-refractivity contribution in [3.05, 3.63) is 0 Å². The van der Waals surface area contributed by atoms with Gasteiger partial charge in [-0.15, -0.1) is 0 Å². The molecule has 0 aromatic heterocycles. The predicted molar refractivity (Wildman–Crippen MR) is 108 cm³/mol. The standard InChI is InChI=1S/C21H36N4O3/c26-19(22-10-6-14-24-13-5-7-20(24)27)17-23-15-8-18(9-16-23)21(28)25-11-3-1-2-4-12-25/h18H,1-17H2,(H,22,26). The molecule has 3 heterocycles. The van der Waals surface area contributed by atoms with Crippen LogP contribution in [-0.2, 0) is 14.4 Å². The van der Waals surface area contributed by atoms with Crippen LogP contribution in [0.15, 0.2) is 0 Å². The van der Waals surface area contributed by atoms with E-state index in [4.69, 9.17) is 0 Å². The van der Waals surface area contributed by atoms with Crippen molar-refractivity contribution in [2.24, 2.45) is 5.92 Å². The number of likely N-dealkylation sites (tertiary alicyclic amines) is 3. The van der Waals surface area contributed by atoms with Gasteiger partial charge in [0.15, 0.2) is 0 Å². The van der Waals surface area contributed by atoms with Crippen LogP contribution in [0.3, 0.4) is 0 Å². The fraction of sp³-hybridized carbons (Fsp3) is 0.857. The Morgan fingerprint density at radius 3 is 2.29 bits per heavy atom. The first-order chi connectivity index (χ1) is 13.6. The maximum absolute atomic E-state index is 12.7. The van der Waals surface area contributed by atoms with Crippen molar-refractivity contribution in [2.75, 3.05) is 52.4 Å². The number of carbonyl (C=O) groups excluding carboxylic acids is 3. The first-order valence-corrected chi connectivity index (χ1v) is 11.2. The summed E-state index contributed by atoms with van der Waals surface area (Å²) in [6.45, 7) is 6.11. The number of amides is 3. The van der Waals surface area contributed by atoms with E-state index < -0.39 is 0 Å². The lowest BCUT2D eigenvalue weighted by molar-refractivity contribution is -0.137. The van der Waals surface area contributed by atoms with Crippen LogP contribution >= 0.6 is 0 Å². The maximum atomic E-state index is 12.7.